The number of hydrogen-bond donors (Lipinski definition) is 0. The first-order valence-corrected chi connectivity index (χ1v) is 4.23. The van der Waals surface area contributed by atoms with E-state index in [0.29, 0.717) is 18.2 Å². The normalized spacial score (nSPS) is 10.7. The van der Waals surface area contributed by atoms with Gasteiger partial charge in [-0.1, -0.05) is 0 Å². The fourth-order valence-electron chi connectivity index (χ4n) is 0.678. The van der Waals surface area contributed by atoms with E-state index in [9.17, 15) is 21.8 Å². The molecule has 0 amide bonds. The molecule has 0 N–H and O–H groups in total. The van der Waals surface area contributed by atoms with Gasteiger partial charge in [0.05, 0.1) is 4.90 Å². The average Bonchev–Trinajstić information content (AvgIpc) is 1.83. The summed E-state index contributed by atoms with van der Waals surface area (Å²) in [6, 6.07) is 1.63. The van der Waals surface area contributed by atoms with Crippen molar-refractivity contribution in [2.45, 2.75) is 4.90 Å². The van der Waals surface area contributed by atoms with Gasteiger partial charge in [-0.25, -0.2) is 17.2 Å². The van der Waals surface area contributed by atoms with Gasteiger partial charge in [0.15, 0.2) is 0 Å². The number of rotatable bonds is 1. The molecule has 1 rings (SSSR count). The third-order valence-electron chi connectivity index (χ3n) is 1.16. The molecule has 7 heteroatoms. The monoisotopic (exact) mass is 232 g/mol. The average molecular weight is 232 g/mol. The second-order valence-corrected chi connectivity index (χ2v) is 3.38. The number of benzene rings is 1. The van der Waals surface area contributed by atoms with Gasteiger partial charge >= 0.3 is 51.4 Å². The molecular weight excluding hydrogens is 229 g/mol. The summed E-state index contributed by atoms with van der Waals surface area (Å²) in [6.07, 6.45) is 0. The zero-order chi connectivity index (χ0) is 9.35. The van der Waals surface area contributed by atoms with E-state index in [0.717, 1.165) is 0 Å². The van der Waals surface area contributed by atoms with E-state index in [1.807, 2.05) is 0 Å². The molecule has 3 nitrogen and oxygen atoms in total. The van der Waals surface area contributed by atoms with E-state index >= 15 is 0 Å². The van der Waals surface area contributed by atoms with Crippen molar-refractivity contribution in [1.29, 1.82) is 0 Å². The van der Waals surface area contributed by atoms with Gasteiger partial charge in [0.2, 0.25) is 0 Å². The van der Waals surface area contributed by atoms with Crippen LogP contribution in [-0.4, -0.2) is 13.0 Å². The van der Waals surface area contributed by atoms with Gasteiger partial charge in [-0.05, 0) is 12.1 Å². The van der Waals surface area contributed by atoms with E-state index in [2.05, 4.69) is 0 Å². The predicted molar refractivity (Wildman–Crippen MR) is 34.3 cm³/mol. The maximum Gasteiger partial charge on any atom is 1.00 e. The Morgan fingerprint density at radius 3 is 2.15 bits per heavy atom. The zero-order valence-electron chi connectivity index (χ0n) is 6.62. The van der Waals surface area contributed by atoms with Gasteiger partial charge in [-0.3, -0.25) is 0 Å². The van der Waals surface area contributed by atoms with Gasteiger partial charge in [-0.15, -0.1) is 0 Å². The van der Waals surface area contributed by atoms with Gasteiger partial charge < -0.3 is 4.55 Å². The molecule has 1 aromatic rings. The third-order valence-corrected chi connectivity index (χ3v) is 2.03. The molecule has 0 aromatic heterocycles. The SMILES string of the molecule is O=S(=O)([O-])c1ccc(F)cc1F.[K+]. The van der Waals surface area contributed by atoms with Gasteiger partial charge in [0.1, 0.15) is 21.8 Å². The van der Waals surface area contributed by atoms with E-state index in [-0.39, 0.29) is 51.4 Å². The van der Waals surface area contributed by atoms with E-state index < -0.39 is 26.6 Å². The first kappa shape index (κ1) is 13.6. The van der Waals surface area contributed by atoms with Crippen LogP contribution >= 0.6 is 0 Å². The molecule has 0 atom stereocenters. The summed E-state index contributed by atoms with van der Waals surface area (Å²) >= 11 is 0. The summed E-state index contributed by atoms with van der Waals surface area (Å²) in [7, 11) is -4.84. The first-order valence-electron chi connectivity index (χ1n) is 2.82. The fourth-order valence-corrected chi connectivity index (χ4v) is 1.21. The molecule has 1 aromatic carbocycles. The first-order chi connectivity index (χ1) is 5.41. The third kappa shape index (κ3) is 3.70. The molecule has 0 aliphatic heterocycles. The van der Waals surface area contributed by atoms with Crippen LogP contribution in [0, 0.1) is 11.6 Å². The Hall–Kier alpha value is 0.626. The van der Waals surface area contributed by atoms with Gasteiger partial charge in [0, 0.05) is 6.07 Å². The Morgan fingerprint density at radius 1 is 1.23 bits per heavy atom. The van der Waals surface area contributed by atoms with E-state index in [4.69, 9.17) is 0 Å². The van der Waals surface area contributed by atoms with Crippen molar-refractivity contribution in [2.24, 2.45) is 0 Å². The summed E-state index contributed by atoms with van der Waals surface area (Å²) in [5.41, 5.74) is 0. The summed E-state index contributed by atoms with van der Waals surface area (Å²) < 4.78 is 55.5. The Balaban J connectivity index is 0.00000144. The molecule has 0 unspecified atom stereocenters. The predicted octanol–water partition coefficient (Wildman–Crippen LogP) is -2.13. The molecule has 0 spiro atoms. The molecule has 0 bridgehead atoms. The van der Waals surface area contributed by atoms with Gasteiger partial charge in [0.25, 0.3) is 0 Å². The van der Waals surface area contributed by atoms with Crippen LogP contribution in [0.3, 0.4) is 0 Å². The molecule has 0 fully saturated rings. The van der Waals surface area contributed by atoms with Gasteiger partial charge in [-0.2, -0.15) is 0 Å². The van der Waals surface area contributed by atoms with Crippen LogP contribution in [-0.2, 0) is 10.1 Å². The van der Waals surface area contributed by atoms with E-state index in [1.54, 1.807) is 0 Å². The summed E-state index contributed by atoms with van der Waals surface area (Å²) in [4.78, 5) is -1.04. The van der Waals surface area contributed by atoms with Crippen molar-refractivity contribution >= 4 is 10.1 Å². The zero-order valence-corrected chi connectivity index (χ0v) is 10.6. The van der Waals surface area contributed by atoms with Crippen LogP contribution in [0.25, 0.3) is 0 Å². The number of halogens is 2. The molecule has 0 saturated carbocycles. The molecule has 0 radical (unpaired) electrons. The molecule has 0 aliphatic carbocycles. The minimum Gasteiger partial charge on any atom is -0.744 e. The quantitative estimate of drug-likeness (QED) is 0.410. The number of hydrogen-bond acceptors (Lipinski definition) is 3. The molecule has 0 aliphatic rings. The Kier molecular flexibility index (Phi) is 5.16. The molecule has 0 saturated heterocycles. The Bertz CT molecular complexity index is 404. The standard InChI is InChI=1S/C6H4F2O3S.K/c7-4-1-2-6(5(8)3-4)12(9,10)11;/h1-3H,(H,9,10,11);/q;+1/p-1. The maximum absolute atomic E-state index is 12.5. The van der Waals surface area contributed by atoms with Crippen LogP contribution in [0.15, 0.2) is 23.1 Å². The second-order valence-electron chi connectivity index (χ2n) is 2.03. The van der Waals surface area contributed by atoms with Crippen molar-refractivity contribution in [2.75, 3.05) is 0 Å². The maximum atomic E-state index is 12.5. The van der Waals surface area contributed by atoms with Crippen molar-refractivity contribution < 1.29 is 73.1 Å². The summed E-state index contributed by atoms with van der Waals surface area (Å²) in [5.74, 6) is -2.30. The largest absolute Gasteiger partial charge is 1.00 e. The van der Waals surface area contributed by atoms with Crippen LogP contribution in [0.1, 0.15) is 0 Å². The summed E-state index contributed by atoms with van der Waals surface area (Å²) in [6.45, 7) is 0. The van der Waals surface area contributed by atoms with Crippen LogP contribution < -0.4 is 51.4 Å². The summed E-state index contributed by atoms with van der Waals surface area (Å²) in [5, 5.41) is 0. The minimum absolute atomic E-state index is 0. The molecule has 66 valence electrons. The topological polar surface area (TPSA) is 57.2 Å². The van der Waals surface area contributed by atoms with Crippen molar-refractivity contribution in [3.05, 3.63) is 29.8 Å². The van der Waals surface area contributed by atoms with Crippen molar-refractivity contribution in [1.82, 2.24) is 0 Å². The van der Waals surface area contributed by atoms with Crippen molar-refractivity contribution in [3.8, 4) is 0 Å². The Morgan fingerprint density at radius 2 is 1.77 bits per heavy atom. The molecular formula is C6H3F2KO3S. The van der Waals surface area contributed by atoms with Crippen LogP contribution in [0.2, 0.25) is 0 Å². The second kappa shape index (κ2) is 4.92. The smallest absolute Gasteiger partial charge is 0.744 e. The Labute approximate surface area is 116 Å². The molecule has 13 heavy (non-hydrogen) atoms. The fraction of sp³-hybridized carbons (Fsp3) is 0. The minimum atomic E-state index is -4.84. The van der Waals surface area contributed by atoms with Crippen LogP contribution in [0.5, 0.6) is 0 Å². The van der Waals surface area contributed by atoms with Crippen molar-refractivity contribution in [3.63, 3.8) is 0 Å². The molecule has 0 heterocycles. The van der Waals surface area contributed by atoms with E-state index in [1.165, 1.54) is 0 Å². The van der Waals surface area contributed by atoms with Crippen LogP contribution in [0.4, 0.5) is 8.78 Å².